The van der Waals surface area contributed by atoms with Gasteiger partial charge in [0.1, 0.15) is 11.7 Å². The van der Waals surface area contributed by atoms with Gasteiger partial charge in [-0.05, 0) is 36.4 Å². The van der Waals surface area contributed by atoms with Crippen LogP contribution in [0.3, 0.4) is 0 Å². The molecule has 2 N–H and O–H groups in total. The summed E-state index contributed by atoms with van der Waals surface area (Å²) in [5.74, 6) is -2.31. The van der Waals surface area contributed by atoms with Crippen LogP contribution in [0.5, 0.6) is 0 Å². The van der Waals surface area contributed by atoms with E-state index in [9.17, 15) is 19.5 Å². The van der Waals surface area contributed by atoms with Crippen LogP contribution < -0.4 is 5.32 Å². The quantitative estimate of drug-likeness (QED) is 0.461. The van der Waals surface area contributed by atoms with Gasteiger partial charge in [-0.25, -0.2) is 9.48 Å². The zero-order chi connectivity index (χ0) is 23.8. The molecule has 10 nitrogen and oxygen atoms in total. The average Bonchev–Trinajstić information content (AvgIpc) is 3.33. The minimum absolute atomic E-state index is 0.141. The number of carbonyl (C=O) groups is 3. The van der Waals surface area contributed by atoms with E-state index in [4.69, 9.17) is 11.6 Å². The lowest BCUT2D eigenvalue weighted by Crippen LogP contribution is -2.58. The first-order chi connectivity index (χ1) is 16.4. The molecule has 5 rings (SSSR count). The molecule has 170 valence electrons. The summed E-state index contributed by atoms with van der Waals surface area (Å²) < 4.78 is 1.63. The molecule has 2 amide bonds. The smallest absolute Gasteiger partial charge is 0.328 e. The number of pyridine rings is 1. The van der Waals surface area contributed by atoms with Gasteiger partial charge in [0, 0.05) is 17.1 Å². The van der Waals surface area contributed by atoms with Crippen molar-refractivity contribution in [1.82, 2.24) is 30.2 Å². The summed E-state index contributed by atoms with van der Waals surface area (Å²) in [7, 11) is 0. The van der Waals surface area contributed by atoms with Gasteiger partial charge in [-0.3, -0.25) is 14.6 Å². The van der Waals surface area contributed by atoms with Crippen molar-refractivity contribution in [2.75, 3.05) is 13.1 Å². The molecule has 1 aliphatic heterocycles. The standard InChI is InChI=1S/C23H17ClN6O4/c24-16-7-6-13(9-15(16)22(32)29-10-19(23(33)34)26-21(31)12-29)18-11-30(28-27-18)20-5-1-4-17-14(20)3-2-8-25-17/h1-9,11,19H,10,12H2,(H,26,31)(H,33,34)/t19-/m0/s1. The summed E-state index contributed by atoms with van der Waals surface area (Å²) in [5, 5.41) is 21.1. The molecule has 0 spiro atoms. The van der Waals surface area contributed by atoms with E-state index in [0.29, 0.717) is 11.3 Å². The Balaban J connectivity index is 1.47. The molecule has 0 unspecified atom stereocenters. The average molecular weight is 477 g/mol. The SMILES string of the molecule is O=C1CN(C(=O)c2cc(-c3cn(-c4cccc5ncccc45)nn3)ccc2Cl)C[C@@H](C(=O)O)N1. The summed E-state index contributed by atoms with van der Waals surface area (Å²) in [4.78, 5) is 41.8. The molecule has 34 heavy (non-hydrogen) atoms. The fourth-order valence-corrected chi connectivity index (χ4v) is 4.06. The largest absolute Gasteiger partial charge is 0.480 e. The monoisotopic (exact) mass is 476 g/mol. The highest BCUT2D eigenvalue weighted by Gasteiger charge is 2.33. The van der Waals surface area contributed by atoms with Crippen molar-refractivity contribution in [3.63, 3.8) is 0 Å². The van der Waals surface area contributed by atoms with Crippen molar-refractivity contribution in [2.45, 2.75) is 6.04 Å². The van der Waals surface area contributed by atoms with Crippen molar-refractivity contribution in [2.24, 2.45) is 0 Å². The number of fused-ring (bicyclic) bond motifs is 1. The maximum atomic E-state index is 13.1. The van der Waals surface area contributed by atoms with E-state index in [-0.39, 0.29) is 23.7 Å². The molecule has 1 fully saturated rings. The van der Waals surface area contributed by atoms with E-state index >= 15 is 0 Å². The van der Waals surface area contributed by atoms with Crippen LogP contribution in [-0.4, -0.2) is 66.9 Å². The van der Waals surface area contributed by atoms with Crippen LogP contribution in [0.1, 0.15) is 10.4 Å². The first kappa shape index (κ1) is 21.5. The number of rotatable bonds is 4. The molecular formula is C23H17ClN6O4. The molecule has 0 radical (unpaired) electrons. The van der Waals surface area contributed by atoms with E-state index < -0.39 is 23.8 Å². The predicted octanol–water partition coefficient (Wildman–Crippen LogP) is 2.16. The van der Waals surface area contributed by atoms with Gasteiger partial charge < -0.3 is 15.3 Å². The number of aromatic nitrogens is 4. The van der Waals surface area contributed by atoms with Crippen molar-refractivity contribution < 1.29 is 19.5 Å². The molecule has 11 heteroatoms. The van der Waals surface area contributed by atoms with Crippen LogP contribution in [-0.2, 0) is 9.59 Å². The van der Waals surface area contributed by atoms with Gasteiger partial charge in [-0.2, -0.15) is 0 Å². The van der Waals surface area contributed by atoms with Gasteiger partial charge >= 0.3 is 5.97 Å². The number of halogens is 1. The molecular weight excluding hydrogens is 460 g/mol. The minimum atomic E-state index is -1.22. The van der Waals surface area contributed by atoms with Gasteiger partial charge in [0.25, 0.3) is 5.91 Å². The summed E-state index contributed by atoms with van der Waals surface area (Å²) in [6.07, 6.45) is 3.45. The Kier molecular flexibility index (Phi) is 5.42. The van der Waals surface area contributed by atoms with Gasteiger partial charge in [-0.1, -0.05) is 28.9 Å². The van der Waals surface area contributed by atoms with Crippen molar-refractivity contribution >= 4 is 40.3 Å². The van der Waals surface area contributed by atoms with E-state index in [2.05, 4.69) is 20.6 Å². The predicted molar refractivity (Wildman–Crippen MR) is 123 cm³/mol. The number of nitrogens with one attached hydrogen (secondary N) is 1. The second kappa shape index (κ2) is 8.56. The lowest BCUT2D eigenvalue weighted by Gasteiger charge is -2.31. The van der Waals surface area contributed by atoms with E-state index in [1.807, 2.05) is 30.3 Å². The maximum absolute atomic E-state index is 13.1. The van der Waals surface area contributed by atoms with Crippen LogP contribution in [0, 0.1) is 0 Å². The maximum Gasteiger partial charge on any atom is 0.328 e. The van der Waals surface area contributed by atoms with Crippen LogP contribution in [0.2, 0.25) is 5.02 Å². The minimum Gasteiger partial charge on any atom is -0.480 e. The molecule has 2 aromatic heterocycles. The number of carboxylic acids is 1. The van der Waals surface area contributed by atoms with Crippen LogP contribution >= 0.6 is 11.6 Å². The number of hydrogen-bond donors (Lipinski definition) is 2. The fraction of sp³-hybridized carbons (Fsp3) is 0.130. The normalized spacial score (nSPS) is 15.9. The number of benzene rings is 2. The Bertz CT molecular complexity index is 1450. The second-order valence-electron chi connectivity index (χ2n) is 7.73. The highest BCUT2D eigenvalue weighted by atomic mass is 35.5. The molecule has 4 aromatic rings. The van der Waals surface area contributed by atoms with Crippen LogP contribution in [0.15, 0.2) is 60.9 Å². The molecule has 1 atom stereocenters. The number of aliphatic carboxylic acids is 1. The van der Waals surface area contributed by atoms with Gasteiger partial charge in [0.15, 0.2) is 0 Å². The molecule has 0 aliphatic carbocycles. The summed E-state index contributed by atoms with van der Waals surface area (Å²) >= 11 is 6.29. The third kappa shape index (κ3) is 3.95. The van der Waals surface area contributed by atoms with Crippen LogP contribution in [0.25, 0.3) is 27.8 Å². The Morgan fingerprint density at radius 2 is 2.00 bits per heavy atom. The molecule has 3 heterocycles. The topological polar surface area (TPSA) is 130 Å². The number of hydrogen-bond acceptors (Lipinski definition) is 6. The number of carbonyl (C=O) groups excluding carboxylic acids is 2. The fourth-order valence-electron chi connectivity index (χ4n) is 3.86. The van der Waals surface area contributed by atoms with Gasteiger partial charge in [0.05, 0.1) is 41.1 Å². The second-order valence-corrected chi connectivity index (χ2v) is 8.14. The Hall–Kier alpha value is -4.31. The van der Waals surface area contributed by atoms with Gasteiger partial charge in [0.2, 0.25) is 5.91 Å². The third-order valence-corrected chi connectivity index (χ3v) is 5.84. The van der Waals surface area contributed by atoms with Crippen molar-refractivity contribution in [1.29, 1.82) is 0 Å². The molecule has 2 aromatic carbocycles. The number of amides is 2. The highest BCUT2D eigenvalue weighted by molar-refractivity contribution is 6.34. The number of nitrogens with zero attached hydrogens (tertiary/aromatic N) is 5. The Labute approximate surface area is 197 Å². The molecule has 1 saturated heterocycles. The van der Waals surface area contributed by atoms with E-state index in [1.165, 1.54) is 4.90 Å². The van der Waals surface area contributed by atoms with Crippen LogP contribution in [0.4, 0.5) is 0 Å². The zero-order valence-corrected chi connectivity index (χ0v) is 18.3. The lowest BCUT2D eigenvalue weighted by molar-refractivity contribution is -0.144. The highest BCUT2D eigenvalue weighted by Crippen LogP contribution is 2.27. The van der Waals surface area contributed by atoms with Gasteiger partial charge in [-0.15, -0.1) is 5.10 Å². The van der Waals surface area contributed by atoms with E-state index in [0.717, 1.165) is 16.6 Å². The molecule has 1 aliphatic rings. The Morgan fingerprint density at radius 1 is 1.15 bits per heavy atom. The molecule has 0 saturated carbocycles. The molecule has 0 bridgehead atoms. The van der Waals surface area contributed by atoms with Crippen molar-refractivity contribution in [3.8, 4) is 16.9 Å². The third-order valence-electron chi connectivity index (χ3n) is 5.51. The zero-order valence-electron chi connectivity index (χ0n) is 17.6. The summed E-state index contributed by atoms with van der Waals surface area (Å²) in [6, 6.07) is 13.1. The summed E-state index contributed by atoms with van der Waals surface area (Å²) in [6.45, 7) is -0.416. The number of piperazine rings is 1. The first-order valence-corrected chi connectivity index (χ1v) is 10.7. The van der Waals surface area contributed by atoms with Crippen molar-refractivity contribution in [3.05, 3.63) is 71.5 Å². The number of carboxylic acid groups (broad SMARTS) is 1. The lowest BCUT2D eigenvalue weighted by atomic mass is 10.1. The first-order valence-electron chi connectivity index (χ1n) is 10.3. The van der Waals surface area contributed by atoms with E-state index in [1.54, 1.807) is 35.3 Å². The Morgan fingerprint density at radius 3 is 2.82 bits per heavy atom. The summed E-state index contributed by atoms with van der Waals surface area (Å²) in [5.41, 5.74) is 2.86.